The fourth-order valence-electron chi connectivity index (χ4n) is 2.79. The van der Waals surface area contributed by atoms with Gasteiger partial charge in [-0.1, -0.05) is 43.2 Å². The number of rotatable bonds is 2. The Bertz CT molecular complexity index is 570. The number of carbonyl (C=O) groups is 1. The van der Waals surface area contributed by atoms with E-state index in [0.29, 0.717) is 21.0 Å². The Morgan fingerprint density at radius 3 is 2.75 bits per heavy atom. The third kappa shape index (κ3) is 2.69. The van der Waals surface area contributed by atoms with E-state index in [9.17, 15) is 4.79 Å². The molecule has 1 saturated carbocycles. The number of hydrogen-bond donors (Lipinski definition) is 0. The molecule has 0 spiro atoms. The molecule has 1 aliphatic carbocycles. The average molecular weight is 307 g/mol. The van der Waals surface area contributed by atoms with Crippen LogP contribution in [0.5, 0.6) is 0 Å². The van der Waals surface area contributed by atoms with Crippen molar-refractivity contribution >= 4 is 40.3 Å². The zero-order chi connectivity index (χ0) is 14.1. The Hall–Kier alpha value is -1.07. The van der Waals surface area contributed by atoms with Gasteiger partial charge in [0.1, 0.15) is 15.8 Å². The highest BCUT2D eigenvalue weighted by atomic mass is 32.2. The van der Waals surface area contributed by atoms with Crippen molar-refractivity contribution in [2.24, 2.45) is 0 Å². The van der Waals surface area contributed by atoms with Gasteiger partial charge in [0.2, 0.25) is 0 Å². The van der Waals surface area contributed by atoms with Crippen molar-refractivity contribution in [1.82, 2.24) is 4.90 Å². The predicted molar refractivity (Wildman–Crippen MR) is 85.3 cm³/mol. The van der Waals surface area contributed by atoms with E-state index < -0.39 is 0 Å². The second-order valence-corrected chi connectivity index (χ2v) is 6.97. The topological polar surface area (TPSA) is 33.5 Å². The van der Waals surface area contributed by atoms with E-state index in [-0.39, 0.29) is 5.91 Å². The molecule has 1 amide bonds. The molecule has 106 valence electrons. The van der Waals surface area contributed by atoms with Gasteiger partial charge in [-0.15, -0.1) is 0 Å². The highest BCUT2D eigenvalue weighted by Gasteiger charge is 2.37. The minimum absolute atomic E-state index is 0.0425. The number of thiocarbonyl (C=S) groups is 1. The fourth-order valence-corrected chi connectivity index (χ4v) is 4.17. The molecule has 1 aromatic heterocycles. The van der Waals surface area contributed by atoms with Crippen molar-refractivity contribution in [3.05, 3.63) is 28.6 Å². The van der Waals surface area contributed by atoms with E-state index in [2.05, 4.69) is 0 Å². The highest BCUT2D eigenvalue weighted by molar-refractivity contribution is 8.26. The van der Waals surface area contributed by atoms with Crippen molar-refractivity contribution in [3.63, 3.8) is 0 Å². The standard InChI is InChI=1S/C15H17NO2S2/c1-10-7-8-12(18-10)9-13-14(17)16(15(19)20-13)11-5-3-2-4-6-11/h7-9,11H,2-6H2,1H3/b13-9-. The number of carbonyl (C=O) groups excluding carboxylic acids is 1. The molecule has 20 heavy (non-hydrogen) atoms. The molecule has 3 nitrogen and oxygen atoms in total. The Morgan fingerprint density at radius 1 is 1.35 bits per heavy atom. The lowest BCUT2D eigenvalue weighted by atomic mass is 9.94. The summed E-state index contributed by atoms with van der Waals surface area (Å²) in [5.74, 6) is 1.60. The zero-order valence-electron chi connectivity index (χ0n) is 11.4. The number of nitrogens with zero attached hydrogens (tertiary/aromatic N) is 1. The molecule has 0 bridgehead atoms. The van der Waals surface area contributed by atoms with Gasteiger partial charge in [-0.05, 0) is 31.9 Å². The van der Waals surface area contributed by atoms with E-state index in [1.54, 1.807) is 6.08 Å². The fraction of sp³-hybridized carbons (Fsp3) is 0.467. The van der Waals surface area contributed by atoms with Gasteiger partial charge in [0.05, 0.1) is 4.91 Å². The van der Waals surface area contributed by atoms with E-state index in [1.807, 2.05) is 24.0 Å². The largest absolute Gasteiger partial charge is 0.462 e. The normalized spacial score (nSPS) is 23.1. The van der Waals surface area contributed by atoms with Crippen LogP contribution in [0, 0.1) is 6.92 Å². The smallest absolute Gasteiger partial charge is 0.266 e. The Labute approximate surface area is 128 Å². The Balaban J connectivity index is 1.81. The molecule has 0 atom stereocenters. The van der Waals surface area contributed by atoms with E-state index in [4.69, 9.17) is 16.6 Å². The van der Waals surface area contributed by atoms with Crippen molar-refractivity contribution in [1.29, 1.82) is 0 Å². The molecule has 0 unspecified atom stereocenters. The van der Waals surface area contributed by atoms with Gasteiger partial charge in [0, 0.05) is 12.1 Å². The maximum absolute atomic E-state index is 12.5. The first kappa shape index (κ1) is 13.9. The van der Waals surface area contributed by atoms with Crippen LogP contribution in [0.2, 0.25) is 0 Å². The molecular weight excluding hydrogens is 290 g/mol. The van der Waals surface area contributed by atoms with Crippen LogP contribution in [0.1, 0.15) is 43.6 Å². The summed E-state index contributed by atoms with van der Waals surface area (Å²) < 4.78 is 6.20. The second kappa shape index (κ2) is 5.74. The van der Waals surface area contributed by atoms with Crippen molar-refractivity contribution < 1.29 is 9.21 Å². The lowest BCUT2D eigenvalue weighted by Gasteiger charge is -2.29. The minimum Gasteiger partial charge on any atom is -0.462 e. The Kier molecular flexibility index (Phi) is 3.98. The van der Waals surface area contributed by atoms with Crippen LogP contribution in [0.3, 0.4) is 0 Å². The third-order valence-corrected chi connectivity index (χ3v) is 5.13. The van der Waals surface area contributed by atoms with Crippen molar-refractivity contribution in [2.45, 2.75) is 45.1 Å². The molecule has 2 aliphatic rings. The quantitative estimate of drug-likeness (QED) is 0.608. The van der Waals surface area contributed by atoms with Crippen LogP contribution in [-0.2, 0) is 4.79 Å². The number of amides is 1. The third-order valence-electron chi connectivity index (χ3n) is 3.80. The monoisotopic (exact) mass is 307 g/mol. The van der Waals surface area contributed by atoms with E-state index >= 15 is 0 Å². The van der Waals surface area contributed by atoms with Gasteiger partial charge >= 0.3 is 0 Å². The lowest BCUT2D eigenvalue weighted by molar-refractivity contribution is -0.124. The maximum atomic E-state index is 12.5. The van der Waals surface area contributed by atoms with Gasteiger partial charge in [-0.3, -0.25) is 9.69 Å². The van der Waals surface area contributed by atoms with Crippen LogP contribution in [-0.4, -0.2) is 21.2 Å². The van der Waals surface area contributed by atoms with Crippen LogP contribution in [0.15, 0.2) is 21.5 Å². The summed E-state index contributed by atoms with van der Waals surface area (Å²) in [4.78, 5) is 15.0. The van der Waals surface area contributed by atoms with E-state index in [1.165, 1.54) is 31.0 Å². The summed E-state index contributed by atoms with van der Waals surface area (Å²) in [5, 5.41) is 0. The summed E-state index contributed by atoms with van der Waals surface area (Å²) in [6.07, 6.45) is 7.59. The van der Waals surface area contributed by atoms with Gasteiger partial charge < -0.3 is 4.42 Å². The van der Waals surface area contributed by atoms with Gasteiger partial charge in [0.15, 0.2) is 0 Å². The van der Waals surface area contributed by atoms with Crippen LogP contribution >= 0.6 is 24.0 Å². The summed E-state index contributed by atoms with van der Waals surface area (Å²) >= 11 is 6.78. The SMILES string of the molecule is Cc1ccc(/C=C2\SC(=S)N(C3CCCCC3)C2=O)o1. The maximum Gasteiger partial charge on any atom is 0.266 e. The molecule has 5 heteroatoms. The first-order valence-electron chi connectivity index (χ1n) is 6.98. The molecule has 1 aliphatic heterocycles. The van der Waals surface area contributed by atoms with Crippen molar-refractivity contribution in [2.75, 3.05) is 0 Å². The first-order valence-corrected chi connectivity index (χ1v) is 8.21. The van der Waals surface area contributed by atoms with E-state index in [0.717, 1.165) is 18.6 Å². The molecular formula is C15H17NO2S2. The van der Waals surface area contributed by atoms with Gasteiger partial charge in [-0.25, -0.2) is 0 Å². The predicted octanol–water partition coefficient (Wildman–Crippen LogP) is 4.12. The molecule has 3 rings (SSSR count). The molecule has 2 heterocycles. The number of hydrogen-bond acceptors (Lipinski definition) is 4. The number of furan rings is 1. The first-order chi connectivity index (χ1) is 9.65. The van der Waals surface area contributed by atoms with Crippen LogP contribution in [0.25, 0.3) is 6.08 Å². The summed E-state index contributed by atoms with van der Waals surface area (Å²) in [6.45, 7) is 1.89. The summed E-state index contributed by atoms with van der Waals surface area (Å²) in [6, 6.07) is 4.07. The van der Waals surface area contributed by atoms with Crippen molar-refractivity contribution in [3.8, 4) is 0 Å². The summed E-state index contributed by atoms with van der Waals surface area (Å²) in [7, 11) is 0. The van der Waals surface area contributed by atoms with Gasteiger partial charge in [-0.2, -0.15) is 0 Å². The molecule has 2 fully saturated rings. The second-order valence-electron chi connectivity index (χ2n) is 5.29. The molecule has 0 radical (unpaired) electrons. The number of aryl methyl sites for hydroxylation is 1. The Morgan fingerprint density at radius 2 is 2.10 bits per heavy atom. The number of thioether (sulfide) groups is 1. The average Bonchev–Trinajstić information content (AvgIpc) is 2.96. The highest BCUT2D eigenvalue weighted by Crippen LogP contribution is 2.37. The molecule has 0 aromatic carbocycles. The molecule has 1 saturated heterocycles. The summed E-state index contributed by atoms with van der Waals surface area (Å²) in [5.41, 5.74) is 0. The minimum atomic E-state index is 0.0425. The zero-order valence-corrected chi connectivity index (χ0v) is 13.1. The molecule has 1 aromatic rings. The van der Waals surface area contributed by atoms with Gasteiger partial charge in [0.25, 0.3) is 5.91 Å². The van der Waals surface area contributed by atoms with Crippen LogP contribution in [0.4, 0.5) is 0 Å². The van der Waals surface area contributed by atoms with Crippen LogP contribution < -0.4 is 0 Å². The molecule has 0 N–H and O–H groups in total. The lowest BCUT2D eigenvalue weighted by Crippen LogP contribution is -2.39.